The number of hydrogen-bond acceptors (Lipinski definition) is 4. The van der Waals surface area contributed by atoms with Crippen LogP contribution in [0.1, 0.15) is 39.5 Å². The van der Waals surface area contributed by atoms with E-state index in [1.807, 2.05) is 67.6 Å². The summed E-state index contributed by atoms with van der Waals surface area (Å²) < 4.78 is 7.16. The van der Waals surface area contributed by atoms with Crippen LogP contribution in [0.4, 0.5) is 0 Å². The van der Waals surface area contributed by atoms with Crippen molar-refractivity contribution in [3.05, 3.63) is 98.5 Å². The largest absolute Gasteiger partial charge is 0.461 e. The van der Waals surface area contributed by atoms with E-state index in [0.29, 0.717) is 22.8 Å². The normalized spacial score (nSPS) is 19.6. The standard InChI is InChI=1S/C24H18BrClN2O2/c1-14-2-4-16(5-3-14)23(29)24-28-21(19-12-18(26)10-11-22(19)30-24)13-20(27-28)15-6-8-17(25)9-7-15/h2-12,21,24H,13H2,1H3/t21-,24-/m0/s1. The number of hydrogen-bond donors (Lipinski definition) is 0. The lowest BCUT2D eigenvalue weighted by Gasteiger charge is -2.37. The number of aryl methyl sites for hydroxylation is 1. The highest BCUT2D eigenvalue weighted by Gasteiger charge is 2.43. The first-order chi connectivity index (χ1) is 14.5. The van der Waals surface area contributed by atoms with Crippen LogP contribution in [0.2, 0.25) is 5.02 Å². The molecule has 5 rings (SSSR count). The zero-order chi connectivity index (χ0) is 20.8. The SMILES string of the molecule is Cc1ccc(C(=O)[C@@H]2Oc3ccc(Cl)cc3[C@@H]3CC(c4ccc(Br)cc4)=NN23)cc1. The van der Waals surface area contributed by atoms with Crippen molar-refractivity contribution in [3.63, 3.8) is 0 Å². The van der Waals surface area contributed by atoms with E-state index in [2.05, 4.69) is 15.9 Å². The predicted molar refractivity (Wildman–Crippen MR) is 121 cm³/mol. The van der Waals surface area contributed by atoms with Crippen molar-refractivity contribution in [1.82, 2.24) is 5.01 Å². The molecule has 30 heavy (non-hydrogen) atoms. The Labute approximate surface area is 188 Å². The van der Waals surface area contributed by atoms with E-state index in [1.54, 1.807) is 11.1 Å². The van der Waals surface area contributed by atoms with Crippen LogP contribution in [0.5, 0.6) is 5.75 Å². The molecule has 0 aliphatic carbocycles. The van der Waals surface area contributed by atoms with Gasteiger partial charge in [-0.05, 0) is 42.8 Å². The maximum Gasteiger partial charge on any atom is 0.251 e. The topological polar surface area (TPSA) is 41.9 Å². The predicted octanol–water partition coefficient (Wildman–Crippen LogP) is 6.16. The number of rotatable bonds is 3. The van der Waals surface area contributed by atoms with Crippen LogP contribution in [0.25, 0.3) is 0 Å². The van der Waals surface area contributed by atoms with E-state index >= 15 is 0 Å². The number of ether oxygens (including phenoxy) is 1. The molecule has 0 saturated heterocycles. The average Bonchev–Trinajstić information content (AvgIpc) is 3.19. The van der Waals surface area contributed by atoms with Crippen molar-refractivity contribution < 1.29 is 9.53 Å². The number of benzene rings is 3. The Kier molecular flexibility index (Phi) is 4.88. The van der Waals surface area contributed by atoms with Gasteiger partial charge in [0.05, 0.1) is 11.8 Å². The fourth-order valence-electron chi connectivity index (χ4n) is 3.91. The van der Waals surface area contributed by atoms with Crippen molar-refractivity contribution in [3.8, 4) is 5.75 Å². The molecule has 0 saturated carbocycles. The first-order valence-corrected chi connectivity index (χ1v) is 10.9. The highest BCUT2D eigenvalue weighted by atomic mass is 79.9. The van der Waals surface area contributed by atoms with Crippen molar-refractivity contribution in [1.29, 1.82) is 0 Å². The molecule has 0 amide bonds. The van der Waals surface area contributed by atoms with Crippen LogP contribution in [-0.2, 0) is 0 Å². The third-order valence-corrected chi connectivity index (χ3v) is 6.25. The smallest absolute Gasteiger partial charge is 0.251 e. The van der Waals surface area contributed by atoms with E-state index < -0.39 is 6.23 Å². The Morgan fingerprint density at radius 1 is 1.10 bits per heavy atom. The Morgan fingerprint density at radius 2 is 1.83 bits per heavy atom. The van der Waals surface area contributed by atoms with Crippen LogP contribution in [-0.4, -0.2) is 22.7 Å². The lowest BCUT2D eigenvalue weighted by molar-refractivity contribution is -0.00455. The Hall–Kier alpha value is -2.63. The first kappa shape index (κ1) is 19.3. The summed E-state index contributed by atoms with van der Waals surface area (Å²) in [5.74, 6) is 0.569. The Bertz CT molecular complexity index is 1160. The monoisotopic (exact) mass is 480 g/mol. The number of halogens is 2. The number of ketones is 1. The van der Waals surface area contributed by atoms with Gasteiger partial charge in [0.15, 0.2) is 0 Å². The van der Waals surface area contributed by atoms with Gasteiger partial charge in [0, 0.05) is 27.0 Å². The molecule has 3 aromatic rings. The average molecular weight is 482 g/mol. The summed E-state index contributed by atoms with van der Waals surface area (Å²) in [6.07, 6.45) is -0.143. The lowest BCUT2D eigenvalue weighted by Crippen LogP contribution is -2.45. The molecule has 150 valence electrons. The molecule has 0 fully saturated rings. The minimum absolute atomic E-state index is 0.106. The second kappa shape index (κ2) is 7.56. The van der Waals surface area contributed by atoms with Crippen molar-refractivity contribution in [2.24, 2.45) is 5.10 Å². The third-order valence-electron chi connectivity index (χ3n) is 5.49. The third kappa shape index (κ3) is 3.42. The van der Waals surface area contributed by atoms with Crippen molar-refractivity contribution >= 4 is 39.0 Å². The lowest BCUT2D eigenvalue weighted by atomic mass is 9.95. The molecule has 2 aliphatic heterocycles. The highest BCUT2D eigenvalue weighted by molar-refractivity contribution is 9.10. The molecular weight excluding hydrogens is 464 g/mol. The van der Waals surface area contributed by atoms with Crippen LogP contribution in [0.15, 0.2) is 76.3 Å². The Balaban J connectivity index is 1.57. The molecule has 2 atom stereocenters. The highest BCUT2D eigenvalue weighted by Crippen LogP contribution is 2.44. The number of carbonyl (C=O) groups excluding carboxylic acids is 1. The van der Waals surface area contributed by atoms with E-state index in [4.69, 9.17) is 21.4 Å². The number of hydrazone groups is 1. The van der Waals surface area contributed by atoms with Crippen molar-refractivity contribution in [2.75, 3.05) is 0 Å². The number of Topliss-reactive ketones (excluding diaryl/α,β-unsaturated/α-hetero) is 1. The van der Waals surface area contributed by atoms with Gasteiger partial charge in [-0.2, -0.15) is 5.10 Å². The summed E-state index contributed by atoms with van der Waals surface area (Å²) in [6, 6.07) is 21.0. The molecule has 4 nitrogen and oxygen atoms in total. The zero-order valence-electron chi connectivity index (χ0n) is 16.2. The minimum Gasteiger partial charge on any atom is -0.461 e. The molecule has 0 spiro atoms. The molecule has 0 unspecified atom stereocenters. The molecule has 0 bridgehead atoms. The van der Waals surface area contributed by atoms with Gasteiger partial charge in [0.25, 0.3) is 6.23 Å². The second-order valence-corrected chi connectivity index (χ2v) is 8.89. The molecule has 3 aromatic carbocycles. The van der Waals surface area contributed by atoms with E-state index in [-0.39, 0.29) is 11.8 Å². The van der Waals surface area contributed by atoms with Gasteiger partial charge < -0.3 is 4.74 Å². The maximum atomic E-state index is 13.4. The molecule has 0 N–H and O–H groups in total. The fourth-order valence-corrected chi connectivity index (χ4v) is 4.35. The fraction of sp³-hybridized carbons (Fsp3) is 0.167. The summed E-state index contributed by atoms with van der Waals surface area (Å²) >= 11 is 9.74. The second-order valence-electron chi connectivity index (χ2n) is 7.54. The van der Waals surface area contributed by atoms with Crippen LogP contribution in [0.3, 0.4) is 0 Å². The van der Waals surface area contributed by atoms with Crippen molar-refractivity contribution in [2.45, 2.75) is 25.6 Å². The van der Waals surface area contributed by atoms with Gasteiger partial charge in [0.2, 0.25) is 5.78 Å². The maximum absolute atomic E-state index is 13.4. The number of nitrogens with zero attached hydrogens (tertiary/aromatic N) is 2. The summed E-state index contributed by atoms with van der Waals surface area (Å²) in [6.45, 7) is 2.00. The van der Waals surface area contributed by atoms with Gasteiger partial charge in [-0.25, -0.2) is 5.01 Å². The minimum atomic E-state index is -0.820. The number of fused-ring (bicyclic) bond motifs is 3. The molecule has 2 aliphatic rings. The van der Waals surface area contributed by atoms with E-state index in [0.717, 1.165) is 26.9 Å². The summed E-state index contributed by atoms with van der Waals surface area (Å²) in [5, 5.41) is 7.26. The number of carbonyl (C=O) groups is 1. The zero-order valence-corrected chi connectivity index (χ0v) is 18.5. The molecule has 0 radical (unpaired) electrons. The van der Waals surface area contributed by atoms with Crippen LogP contribution in [0, 0.1) is 6.92 Å². The van der Waals surface area contributed by atoms with E-state index in [1.165, 1.54) is 0 Å². The molecule has 0 aromatic heterocycles. The molecule has 2 heterocycles. The van der Waals surface area contributed by atoms with Gasteiger partial charge in [-0.3, -0.25) is 4.79 Å². The van der Waals surface area contributed by atoms with Gasteiger partial charge in [-0.1, -0.05) is 69.5 Å². The molecule has 6 heteroatoms. The first-order valence-electron chi connectivity index (χ1n) is 9.68. The summed E-state index contributed by atoms with van der Waals surface area (Å²) in [5.41, 5.74) is 4.61. The van der Waals surface area contributed by atoms with Gasteiger partial charge in [-0.15, -0.1) is 0 Å². The summed E-state index contributed by atoms with van der Waals surface area (Å²) in [4.78, 5) is 13.4. The summed E-state index contributed by atoms with van der Waals surface area (Å²) in [7, 11) is 0. The van der Waals surface area contributed by atoms with E-state index in [9.17, 15) is 4.79 Å². The van der Waals surface area contributed by atoms with Gasteiger partial charge in [0.1, 0.15) is 5.75 Å². The molecular formula is C24H18BrClN2O2. The Morgan fingerprint density at radius 3 is 2.57 bits per heavy atom. The van der Waals surface area contributed by atoms with Crippen LogP contribution < -0.4 is 4.74 Å². The quantitative estimate of drug-likeness (QED) is 0.421. The van der Waals surface area contributed by atoms with Gasteiger partial charge >= 0.3 is 0 Å². The van der Waals surface area contributed by atoms with Crippen LogP contribution >= 0.6 is 27.5 Å².